The number of carbonyl (C=O) groups excluding carboxylic acids is 3. The molecule has 7 nitrogen and oxygen atoms in total. The summed E-state index contributed by atoms with van der Waals surface area (Å²) < 4.78 is 11.5. The Morgan fingerprint density at radius 3 is 1.50 bits per heavy atom. The summed E-state index contributed by atoms with van der Waals surface area (Å²) in [5, 5.41) is 9.14. The average molecular weight is 610 g/mol. The van der Waals surface area contributed by atoms with E-state index in [0.29, 0.717) is 11.3 Å². The molecular weight excluding hydrogens is 572 g/mol. The summed E-state index contributed by atoms with van der Waals surface area (Å²) >= 11 is 3.50. The molecule has 0 heterocycles. The Hall–Kier alpha value is -3.91. The lowest BCUT2D eigenvalue weighted by atomic mass is 10.0. The van der Waals surface area contributed by atoms with Crippen LogP contribution >= 0.6 is 15.9 Å². The van der Waals surface area contributed by atoms with Gasteiger partial charge in [0.25, 0.3) is 0 Å². The second kappa shape index (κ2) is 13.4. The molecule has 0 atom stereocenters. The van der Waals surface area contributed by atoms with Gasteiger partial charge in [0.2, 0.25) is 0 Å². The number of carbonyl (C=O) groups is 3. The molecule has 0 aromatic heterocycles. The van der Waals surface area contributed by atoms with Crippen LogP contribution in [0.2, 0.25) is 0 Å². The number of nitrogens with one attached hydrogen (secondary N) is 2. The second-order valence-electron chi connectivity index (χ2n) is 10.8. The monoisotopic (exact) mass is 608 g/mol. The number of ether oxygens (including phenoxy) is 2. The minimum absolute atomic E-state index is 0. The minimum atomic E-state index is -0.553. The molecule has 4 aromatic carbocycles. The molecule has 0 unspecified atom stereocenters. The van der Waals surface area contributed by atoms with Crippen molar-refractivity contribution in [1.29, 1.82) is 0 Å². The van der Waals surface area contributed by atoms with Gasteiger partial charge in [-0.3, -0.25) is 15.4 Å². The zero-order valence-corrected chi connectivity index (χ0v) is 24.5. The first kappa shape index (κ1) is 32.3. The number of hydrogen-bond acceptors (Lipinski definition) is 5. The predicted molar refractivity (Wildman–Crippen MR) is 167 cm³/mol. The molecule has 0 spiro atoms. The standard InChI is InChI=1S/C16H17NO3.C15H16BrNO2.CH4/c1-16(2,3)20-15(19)17-14-9-8-11(10-18)12-6-4-5-7-13(12)14;1-15(2,3)19-14(18)17-13-9-8-12(16)10-6-4-5-7-11(10)13;/h4-10H,1-3H3,(H,17,19);4-9H,1-3H3,(H,17,18);1H4. The average Bonchev–Trinajstić information content (AvgIpc) is 2.84. The number of hydrogen-bond donors (Lipinski definition) is 2. The Kier molecular flexibility index (Phi) is 10.9. The fourth-order valence-corrected chi connectivity index (χ4v) is 4.21. The molecule has 0 aliphatic carbocycles. The molecular formula is C32H37BrN2O5. The third kappa shape index (κ3) is 9.09. The molecule has 0 radical (unpaired) electrons. The molecule has 8 heteroatoms. The number of anilines is 2. The fraction of sp³-hybridized carbons (Fsp3) is 0.281. The highest BCUT2D eigenvalue weighted by Gasteiger charge is 2.18. The van der Waals surface area contributed by atoms with Gasteiger partial charge in [-0.15, -0.1) is 0 Å². The summed E-state index contributed by atoms with van der Waals surface area (Å²) in [6.45, 7) is 10.9. The Morgan fingerprint density at radius 2 is 1.05 bits per heavy atom. The lowest BCUT2D eigenvalue weighted by Crippen LogP contribution is -2.27. The number of benzene rings is 4. The first-order chi connectivity index (χ1) is 18.3. The molecule has 0 aliphatic heterocycles. The van der Waals surface area contributed by atoms with Crippen molar-refractivity contribution in [2.24, 2.45) is 0 Å². The van der Waals surface area contributed by atoms with Gasteiger partial charge in [0.1, 0.15) is 11.2 Å². The lowest BCUT2D eigenvalue weighted by Gasteiger charge is -2.20. The zero-order chi connectivity index (χ0) is 28.8. The van der Waals surface area contributed by atoms with Crippen molar-refractivity contribution in [3.8, 4) is 0 Å². The maximum Gasteiger partial charge on any atom is 0.412 e. The quantitative estimate of drug-likeness (QED) is 0.226. The van der Waals surface area contributed by atoms with E-state index < -0.39 is 23.4 Å². The SMILES string of the molecule is C.CC(C)(C)OC(=O)Nc1ccc(Br)c2ccccc12.CC(C)(C)OC(=O)Nc1ccc(C=O)c2ccccc12. The van der Waals surface area contributed by atoms with Gasteiger partial charge in [-0.2, -0.15) is 0 Å². The number of rotatable bonds is 3. The van der Waals surface area contributed by atoms with Crippen LogP contribution < -0.4 is 10.6 Å². The maximum atomic E-state index is 11.8. The van der Waals surface area contributed by atoms with E-state index >= 15 is 0 Å². The van der Waals surface area contributed by atoms with Crippen LogP contribution in [0.5, 0.6) is 0 Å². The molecule has 0 saturated heterocycles. The fourth-order valence-electron chi connectivity index (χ4n) is 3.73. The van der Waals surface area contributed by atoms with Crippen molar-refractivity contribution in [3.63, 3.8) is 0 Å². The highest BCUT2D eigenvalue weighted by molar-refractivity contribution is 9.10. The van der Waals surface area contributed by atoms with Crippen molar-refractivity contribution in [2.75, 3.05) is 10.6 Å². The van der Waals surface area contributed by atoms with Crippen LogP contribution in [-0.4, -0.2) is 29.7 Å². The van der Waals surface area contributed by atoms with Crippen LogP contribution in [0, 0.1) is 0 Å². The van der Waals surface area contributed by atoms with Crippen LogP contribution in [0.15, 0.2) is 77.3 Å². The number of fused-ring (bicyclic) bond motifs is 2. The van der Waals surface area contributed by atoms with Crippen LogP contribution in [0.25, 0.3) is 21.5 Å². The molecule has 0 bridgehead atoms. The van der Waals surface area contributed by atoms with Crippen molar-refractivity contribution < 1.29 is 23.9 Å². The van der Waals surface area contributed by atoms with Crippen LogP contribution in [0.1, 0.15) is 59.3 Å². The summed E-state index contributed by atoms with van der Waals surface area (Å²) in [5.41, 5.74) is 0.904. The van der Waals surface area contributed by atoms with Gasteiger partial charge in [0, 0.05) is 20.8 Å². The van der Waals surface area contributed by atoms with E-state index in [0.717, 1.165) is 38.0 Å². The second-order valence-corrected chi connectivity index (χ2v) is 11.6. The Morgan fingerprint density at radius 1 is 0.650 bits per heavy atom. The smallest absolute Gasteiger partial charge is 0.412 e. The first-order valence-corrected chi connectivity index (χ1v) is 13.2. The summed E-state index contributed by atoms with van der Waals surface area (Å²) in [5.74, 6) is 0. The Labute approximate surface area is 244 Å². The molecule has 4 rings (SSSR count). The normalized spacial score (nSPS) is 11.0. The van der Waals surface area contributed by atoms with Crippen molar-refractivity contribution in [1.82, 2.24) is 0 Å². The highest BCUT2D eigenvalue weighted by atomic mass is 79.9. The summed E-state index contributed by atoms with van der Waals surface area (Å²) in [6.07, 6.45) is -0.152. The Bertz CT molecular complexity index is 1500. The number of halogens is 1. The topological polar surface area (TPSA) is 93.7 Å². The minimum Gasteiger partial charge on any atom is -0.444 e. The van der Waals surface area contributed by atoms with Gasteiger partial charge >= 0.3 is 12.2 Å². The summed E-state index contributed by atoms with van der Waals surface area (Å²) in [6, 6.07) is 22.4. The summed E-state index contributed by atoms with van der Waals surface area (Å²) in [7, 11) is 0. The molecule has 0 fully saturated rings. The molecule has 0 aliphatic rings. The van der Waals surface area contributed by atoms with Gasteiger partial charge in [-0.25, -0.2) is 9.59 Å². The zero-order valence-electron chi connectivity index (χ0n) is 22.9. The molecule has 2 N–H and O–H groups in total. The summed E-state index contributed by atoms with van der Waals surface area (Å²) in [4.78, 5) is 34.7. The molecule has 40 heavy (non-hydrogen) atoms. The largest absolute Gasteiger partial charge is 0.444 e. The third-order valence-corrected chi connectivity index (χ3v) is 5.92. The van der Waals surface area contributed by atoms with Gasteiger partial charge < -0.3 is 9.47 Å². The van der Waals surface area contributed by atoms with Crippen molar-refractivity contribution >= 4 is 67.3 Å². The van der Waals surface area contributed by atoms with Gasteiger partial charge in [-0.05, 0) is 76.6 Å². The molecule has 0 saturated carbocycles. The predicted octanol–water partition coefficient (Wildman–Crippen LogP) is 9.58. The van der Waals surface area contributed by atoms with E-state index in [1.54, 1.807) is 32.9 Å². The van der Waals surface area contributed by atoms with Crippen LogP contribution in [-0.2, 0) is 9.47 Å². The lowest BCUT2D eigenvalue weighted by molar-refractivity contribution is 0.0625. The third-order valence-electron chi connectivity index (χ3n) is 5.23. The number of aldehydes is 1. The van der Waals surface area contributed by atoms with Crippen LogP contribution in [0.3, 0.4) is 0 Å². The first-order valence-electron chi connectivity index (χ1n) is 12.4. The maximum absolute atomic E-state index is 11.8. The Balaban J connectivity index is 0.000000274. The van der Waals surface area contributed by atoms with Gasteiger partial charge in [0.15, 0.2) is 6.29 Å². The molecule has 2 amide bonds. The van der Waals surface area contributed by atoms with Crippen LogP contribution in [0.4, 0.5) is 21.0 Å². The van der Waals surface area contributed by atoms with Crippen molar-refractivity contribution in [2.45, 2.75) is 60.2 Å². The van der Waals surface area contributed by atoms with E-state index in [4.69, 9.17) is 9.47 Å². The van der Waals surface area contributed by atoms with Gasteiger partial charge in [0.05, 0.1) is 11.4 Å². The molecule has 212 valence electrons. The van der Waals surface area contributed by atoms with E-state index in [-0.39, 0.29) is 7.43 Å². The van der Waals surface area contributed by atoms with E-state index in [9.17, 15) is 14.4 Å². The molecule has 4 aromatic rings. The van der Waals surface area contributed by atoms with Crippen molar-refractivity contribution in [3.05, 3.63) is 82.8 Å². The van der Waals surface area contributed by atoms with E-state index in [1.807, 2.05) is 81.4 Å². The highest BCUT2D eigenvalue weighted by Crippen LogP contribution is 2.30. The van der Waals surface area contributed by atoms with Gasteiger partial charge in [-0.1, -0.05) is 71.9 Å². The van der Waals surface area contributed by atoms with E-state index in [2.05, 4.69) is 26.6 Å². The van der Waals surface area contributed by atoms with E-state index in [1.165, 1.54) is 0 Å². The number of amides is 2.